The van der Waals surface area contributed by atoms with Crippen molar-refractivity contribution in [2.75, 3.05) is 0 Å². The van der Waals surface area contributed by atoms with Crippen molar-refractivity contribution in [1.29, 1.82) is 0 Å². The fourth-order valence-corrected chi connectivity index (χ4v) is 3.44. The van der Waals surface area contributed by atoms with Crippen LogP contribution in [0.25, 0.3) is 22.3 Å². The Morgan fingerprint density at radius 1 is 1.14 bits per heavy atom. The Labute approximate surface area is 137 Å². The minimum Gasteiger partial charge on any atom is -0.507 e. The first-order valence-corrected chi connectivity index (χ1v) is 7.78. The average Bonchev–Trinajstić information content (AvgIpc) is 2.44. The van der Waals surface area contributed by atoms with Crippen molar-refractivity contribution in [3.05, 3.63) is 61.1 Å². The van der Waals surface area contributed by atoms with Crippen LogP contribution >= 0.6 is 31.9 Å². The predicted octanol–water partition coefficient (Wildman–Crippen LogP) is 5.00. The highest BCUT2D eigenvalue weighted by Gasteiger charge is 2.15. The summed E-state index contributed by atoms with van der Waals surface area (Å²) in [6, 6.07) is 9.92. The quantitative estimate of drug-likeness (QED) is 0.615. The highest BCUT2D eigenvalue weighted by Crippen LogP contribution is 2.34. The third-order valence-electron chi connectivity index (χ3n) is 3.31. The molecule has 0 radical (unpaired) electrons. The second-order valence-corrected chi connectivity index (χ2v) is 6.31. The van der Waals surface area contributed by atoms with Crippen molar-refractivity contribution in [2.45, 2.75) is 6.92 Å². The molecule has 3 aromatic rings. The third-order valence-corrected chi connectivity index (χ3v) is 5.12. The Bertz CT molecular complexity index is 913. The van der Waals surface area contributed by atoms with Crippen LogP contribution in [0.1, 0.15) is 5.56 Å². The first-order chi connectivity index (χ1) is 9.99. The fourth-order valence-electron chi connectivity index (χ4n) is 2.16. The van der Waals surface area contributed by atoms with E-state index in [0.29, 0.717) is 26.8 Å². The lowest BCUT2D eigenvalue weighted by atomic mass is 10.1. The summed E-state index contributed by atoms with van der Waals surface area (Å²) in [5.41, 5.74) is 1.73. The van der Waals surface area contributed by atoms with E-state index in [2.05, 4.69) is 31.9 Å². The Hall–Kier alpha value is -1.59. The van der Waals surface area contributed by atoms with Crippen molar-refractivity contribution < 1.29 is 9.52 Å². The topological polar surface area (TPSA) is 50.4 Å². The lowest BCUT2D eigenvalue weighted by Gasteiger charge is -2.08. The van der Waals surface area contributed by atoms with Crippen LogP contribution < -0.4 is 5.43 Å². The van der Waals surface area contributed by atoms with E-state index in [9.17, 15) is 9.90 Å². The molecule has 3 rings (SSSR count). The van der Waals surface area contributed by atoms with E-state index >= 15 is 0 Å². The minimum atomic E-state index is -0.156. The van der Waals surface area contributed by atoms with E-state index in [0.717, 1.165) is 10.0 Å². The van der Waals surface area contributed by atoms with Gasteiger partial charge in [-0.3, -0.25) is 4.79 Å². The number of para-hydroxylation sites is 1. The monoisotopic (exact) mass is 408 g/mol. The van der Waals surface area contributed by atoms with Gasteiger partial charge in [0.2, 0.25) is 0 Å². The molecule has 0 bridgehead atoms. The molecule has 2 aromatic carbocycles. The molecule has 0 spiro atoms. The number of aromatic hydroxyl groups is 1. The van der Waals surface area contributed by atoms with E-state index in [1.54, 1.807) is 30.3 Å². The molecule has 106 valence electrons. The van der Waals surface area contributed by atoms with Gasteiger partial charge in [0.05, 0.1) is 10.9 Å². The van der Waals surface area contributed by atoms with E-state index in [1.807, 2.05) is 6.92 Å². The molecule has 0 saturated carbocycles. The Balaban J connectivity index is 2.38. The molecule has 1 aromatic heterocycles. The Morgan fingerprint density at radius 2 is 1.86 bits per heavy atom. The van der Waals surface area contributed by atoms with Crippen LogP contribution in [-0.4, -0.2) is 5.11 Å². The van der Waals surface area contributed by atoms with Gasteiger partial charge >= 0.3 is 0 Å². The van der Waals surface area contributed by atoms with E-state index in [1.165, 1.54) is 6.07 Å². The number of phenols is 1. The second kappa shape index (κ2) is 5.31. The molecule has 0 aliphatic heterocycles. The maximum Gasteiger partial charge on any atom is 0.194 e. The van der Waals surface area contributed by atoms with Crippen LogP contribution in [0.15, 0.2) is 54.6 Å². The van der Waals surface area contributed by atoms with Crippen molar-refractivity contribution in [2.24, 2.45) is 0 Å². The zero-order chi connectivity index (χ0) is 15.1. The molecule has 3 nitrogen and oxygen atoms in total. The van der Waals surface area contributed by atoms with E-state index in [-0.39, 0.29) is 11.2 Å². The van der Waals surface area contributed by atoms with Gasteiger partial charge in [-0.15, -0.1) is 0 Å². The van der Waals surface area contributed by atoms with Gasteiger partial charge < -0.3 is 9.52 Å². The summed E-state index contributed by atoms with van der Waals surface area (Å²) in [6.45, 7) is 1.91. The second-order valence-electron chi connectivity index (χ2n) is 4.66. The van der Waals surface area contributed by atoms with Crippen LogP contribution in [0, 0.1) is 6.92 Å². The molecule has 0 amide bonds. The normalized spacial score (nSPS) is 11.0. The molecule has 0 saturated heterocycles. The van der Waals surface area contributed by atoms with Gasteiger partial charge in [-0.05, 0) is 46.6 Å². The Kier molecular flexibility index (Phi) is 3.63. The van der Waals surface area contributed by atoms with Gasteiger partial charge in [-0.25, -0.2) is 0 Å². The molecule has 0 aliphatic rings. The van der Waals surface area contributed by atoms with Gasteiger partial charge in [0.25, 0.3) is 0 Å². The van der Waals surface area contributed by atoms with Gasteiger partial charge in [0.15, 0.2) is 5.43 Å². The maximum atomic E-state index is 12.4. The third kappa shape index (κ3) is 2.40. The standard InChI is InChI=1S/C16H10Br2O3/c1-8-10(17)6-14-15(16(8)18)12(20)7-13(21-14)9-4-2-3-5-11(9)19/h2-7,19H,1H3. The summed E-state index contributed by atoms with van der Waals surface area (Å²) in [7, 11) is 0. The molecule has 0 aliphatic carbocycles. The van der Waals surface area contributed by atoms with Gasteiger partial charge in [-0.2, -0.15) is 0 Å². The zero-order valence-corrected chi connectivity index (χ0v) is 14.2. The SMILES string of the molecule is Cc1c(Br)cc2oc(-c3ccccc3O)cc(=O)c2c1Br. The first kappa shape index (κ1) is 14.4. The molecule has 5 heteroatoms. The molecule has 0 unspecified atom stereocenters. The number of fused-ring (bicyclic) bond motifs is 1. The molecule has 21 heavy (non-hydrogen) atoms. The zero-order valence-electron chi connectivity index (χ0n) is 11.0. The summed E-state index contributed by atoms with van der Waals surface area (Å²) < 4.78 is 7.37. The lowest BCUT2D eigenvalue weighted by Crippen LogP contribution is -2.02. The Morgan fingerprint density at radius 3 is 2.57 bits per heavy atom. The summed E-state index contributed by atoms with van der Waals surface area (Å²) in [5, 5.41) is 10.4. The van der Waals surface area contributed by atoms with Crippen molar-refractivity contribution in [3.8, 4) is 17.1 Å². The molecule has 1 heterocycles. The minimum absolute atomic E-state index is 0.0743. The number of rotatable bonds is 1. The highest BCUT2D eigenvalue weighted by atomic mass is 79.9. The smallest absolute Gasteiger partial charge is 0.194 e. The molecule has 0 fully saturated rings. The number of hydrogen-bond acceptors (Lipinski definition) is 3. The molecular formula is C16H10Br2O3. The number of halogens is 2. The van der Waals surface area contributed by atoms with Crippen LogP contribution in [0.5, 0.6) is 5.75 Å². The van der Waals surface area contributed by atoms with Crippen LogP contribution in [0.2, 0.25) is 0 Å². The predicted molar refractivity (Wildman–Crippen MR) is 89.7 cm³/mol. The number of phenolic OH excluding ortho intramolecular Hbond substituents is 1. The summed E-state index contributed by atoms with van der Waals surface area (Å²) in [4.78, 5) is 12.4. The maximum absolute atomic E-state index is 12.4. The number of hydrogen-bond donors (Lipinski definition) is 1. The lowest BCUT2D eigenvalue weighted by molar-refractivity contribution is 0.474. The summed E-state index contributed by atoms with van der Waals surface area (Å²) in [5.74, 6) is 0.415. The van der Waals surface area contributed by atoms with Crippen LogP contribution in [-0.2, 0) is 0 Å². The van der Waals surface area contributed by atoms with Gasteiger partial charge in [0, 0.05) is 15.0 Å². The highest BCUT2D eigenvalue weighted by molar-refractivity contribution is 9.11. The van der Waals surface area contributed by atoms with Crippen LogP contribution in [0.3, 0.4) is 0 Å². The van der Waals surface area contributed by atoms with Crippen molar-refractivity contribution in [1.82, 2.24) is 0 Å². The molecular weight excluding hydrogens is 400 g/mol. The average molecular weight is 410 g/mol. The van der Waals surface area contributed by atoms with Gasteiger partial charge in [0.1, 0.15) is 17.1 Å². The van der Waals surface area contributed by atoms with Crippen molar-refractivity contribution in [3.63, 3.8) is 0 Å². The number of benzene rings is 2. The molecule has 1 N–H and O–H groups in total. The first-order valence-electron chi connectivity index (χ1n) is 6.20. The van der Waals surface area contributed by atoms with E-state index < -0.39 is 0 Å². The van der Waals surface area contributed by atoms with Crippen LogP contribution in [0.4, 0.5) is 0 Å². The fraction of sp³-hybridized carbons (Fsp3) is 0.0625. The summed E-state index contributed by atoms with van der Waals surface area (Å²) >= 11 is 6.88. The summed E-state index contributed by atoms with van der Waals surface area (Å²) in [6.07, 6.45) is 0. The van der Waals surface area contributed by atoms with Gasteiger partial charge in [-0.1, -0.05) is 28.1 Å². The molecule has 0 atom stereocenters. The van der Waals surface area contributed by atoms with E-state index in [4.69, 9.17) is 4.42 Å². The largest absolute Gasteiger partial charge is 0.507 e. The van der Waals surface area contributed by atoms with Crippen molar-refractivity contribution >= 4 is 42.8 Å².